The van der Waals surface area contributed by atoms with Crippen LogP contribution in [0.3, 0.4) is 0 Å². The van der Waals surface area contributed by atoms with Crippen molar-refractivity contribution >= 4 is 11.8 Å². The lowest BCUT2D eigenvalue weighted by molar-refractivity contribution is 0.504. The largest absolute Gasteiger partial charge is 0.329 e. The van der Waals surface area contributed by atoms with Gasteiger partial charge >= 0.3 is 0 Å². The van der Waals surface area contributed by atoms with Crippen molar-refractivity contribution in [1.29, 1.82) is 0 Å². The van der Waals surface area contributed by atoms with Gasteiger partial charge in [0.05, 0.1) is 0 Å². The van der Waals surface area contributed by atoms with Crippen LogP contribution in [0.4, 0.5) is 0 Å². The second-order valence-corrected chi connectivity index (χ2v) is 5.58. The Bertz CT molecular complexity index is 117. The first kappa shape index (κ1) is 13.3. The molecular weight excluding hydrogens is 178 g/mol. The number of rotatable bonds is 7. The summed E-state index contributed by atoms with van der Waals surface area (Å²) in [6.45, 7) is 9.95. The Balaban J connectivity index is 3.86. The van der Waals surface area contributed by atoms with E-state index in [0.717, 1.165) is 17.7 Å². The normalized spacial score (nSPS) is 18.2. The third-order valence-corrected chi connectivity index (χ3v) is 4.40. The van der Waals surface area contributed by atoms with Crippen molar-refractivity contribution in [2.45, 2.75) is 57.5 Å². The van der Waals surface area contributed by atoms with Gasteiger partial charge in [0.25, 0.3) is 0 Å². The molecule has 0 saturated carbocycles. The summed E-state index contributed by atoms with van der Waals surface area (Å²) in [6, 6.07) is 0. The highest BCUT2D eigenvalue weighted by Gasteiger charge is 2.17. The molecule has 0 fully saturated rings. The first-order valence-corrected chi connectivity index (χ1v) is 6.45. The zero-order valence-electron chi connectivity index (χ0n) is 9.55. The smallest absolute Gasteiger partial charge is 0.0198 e. The minimum Gasteiger partial charge on any atom is -0.329 e. The number of nitrogens with two attached hydrogens (primary N) is 1. The molecule has 0 amide bonds. The third-order valence-electron chi connectivity index (χ3n) is 2.59. The minimum absolute atomic E-state index is 0.662. The second kappa shape index (κ2) is 7.69. The van der Waals surface area contributed by atoms with E-state index in [-0.39, 0.29) is 0 Å². The molecule has 0 bridgehead atoms. The molecule has 0 saturated heterocycles. The average Bonchev–Trinajstić information content (AvgIpc) is 2.14. The van der Waals surface area contributed by atoms with Gasteiger partial charge in [0.1, 0.15) is 0 Å². The summed E-state index contributed by atoms with van der Waals surface area (Å²) < 4.78 is 0. The first-order valence-electron chi connectivity index (χ1n) is 5.51. The van der Waals surface area contributed by atoms with Crippen molar-refractivity contribution in [2.75, 3.05) is 6.54 Å². The molecule has 0 aliphatic heterocycles. The van der Waals surface area contributed by atoms with Crippen LogP contribution in [0.2, 0.25) is 0 Å². The molecule has 0 rings (SSSR count). The van der Waals surface area contributed by atoms with Crippen molar-refractivity contribution in [3.05, 3.63) is 0 Å². The molecular formula is C11H25NS. The first-order chi connectivity index (χ1) is 6.15. The quantitative estimate of drug-likeness (QED) is 0.687. The Morgan fingerprint density at radius 3 is 2.23 bits per heavy atom. The molecule has 0 aromatic carbocycles. The molecule has 2 N–H and O–H groups in total. The fourth-order valence-electron chi connectivity index (χ4n) is 1.46. The molecule has 0 heterocycles. The lowest BCUT2D eigenvalue weighted by atomic mass is 10.0. The van der Waals surface area contributed by atoms with E-state index in [4.69, 9.17) is 5.73 Å². The van der Waals surface area contributed by atoms with Crippen LogP contribution in [0, 0.1) is 5.92 Å². The lowest BCUT2D eigenvalue weighted by Gasteiger charge is -2.24. The summed E-state index contributed by atoms with van der Waals surface area (Å²) in [5, 5.41) is 1.42. The summed E-state index contributed by atoms with van der Waals surface area (Å²) in [5.41, 5.74) is 5.79. The fourth-order valence-corrected chi connectivity index (χ4v) is 2.76. The van der Waals surface area contributed by atoms with E-state index in [1.165, 1.54) is 19.3 Å². The van der Waals surface area contributed by atoms with Crippen LogP contribution in [0.1, 0.15) is 47.0 Å². The number of thioether (sulfide) groups is 1. The van der Waals surface area contributed by atoms with Crippen molar-refractivity contribution in [2.24, 2.45) is 11.7 Å². The van der Waals surface area contributed by atoms with Gasteiger partial charge in [0, 0.05) is 17.0 Å². The topological polar surface area (TPSA) is 26.0 Å². The van der Waals surface area contributed by atoms with Gasteiger partial charge in [0.15, 0.2) is 0 Å². The van der Waals surface area contributed by atoms with Crippen LogP contribution in [0.25, 0.3) is 0 Å². The van der Waals surface area contributed by atoms with E-state index >= 15 is 0 Å². The average molecular weight is 203 g/mol. The van der Waals surface area contributed by atoms with Crippen molar-refractivity contribution in [3.8, 4) is 0 Å². The molecule has 13 heavy (non-hydrogen) atoms. The van der Waals surface area contributed by atoms with Crippen molar-refractivity contribution in [1.82, 2.24) is 0 Å². The summed E-state index contributed by atoms with van der Waals surface area (Å²) in [7, 11) is 0. The van der Waals surface area contributed by atoms with E-state index in [9.17, 15) is 0 Å². The molecule has 0 aromatic rings. The van der Waals surface area contributed by atoms with Gasteiger partial charge in [-0.15, -0.1) is 0 Å². The highest BCUT2D eigenvalue weighted by Crippen LogP contribution is 2.27. The fraction of sp³-hybridized carbons (Fsp3) is 1.00. The van der Waals surface area contributed by atoms with E-state index < -0.39 is 0 Å². The Kier molecular flexibility index (Phi) is 7.87. The zero-order chi connectivity index (χ0) is 10.3. The van der Waals surface area contributed by atoms with E-state index in [1.54, 1.807) is 0 Å². The summed E-state index contributed by atoms with van der Waals surface area (Å²) in [5.74, 6) is 0.772. The molecule has 2 heteroatoms. The summed E-state index contributed by atoms with van der Waals surface area (Å²) in [4.78, 5) is 0. The standard InChI is InChI=1S/C11H25NS/c1-5-7-9(3)11(8-12)13-10(4)6-2/h9-11H,5-8,12H2,1-4H3. The predicted molar refractivity (Wildman–Crippen MR) is 64.3 cm³/mol. The van der Waals surface area contributed by atoms with E-state index in [0.29, 0.717) is 5.25 Å². The molecule has 80 valence electrons. The molecule has 0 aliphatic rings. The number of hydrogen-bond donors (Lipinski definition) is 1. The molecule has 0 aliphatic carbocycles. The Hall–Kier alpha value is 0.310. The predicted octanol–water partition coefficient (Wildman–Crippen LogP) is 3.28. The third kappa shape index (κ3) is 5.58. The van der Waals surface area contributed by atoms with Gasteiger partial charge in [-0.1, -0.05) is 34.1 Å². The monoisotopic (exact) mass is 203 g/mol. The second-order valence-electron chi connectivity index (χ2n) is 3.90. The molecule has 3 atom stereocenters. The maximum absolute atomic E-state index is 5.79. The van der Waals surface area contributed by atoms with Crippen LogP contribution in [0.15, 0.2) is 0 Å². The molecule has 0 spiro atoms. The maximum Gasteiger partial charge on any atom is 0.0198 e. The highest BCUT2D eigenvalue weighted by atomic mass is 32.2. The van der Waals surface area contributed by atoms with Crippen LogP contribution in [0.5, 0.6) is 0 Å². The molecule has 0 radical (unpaired) electrons. The lowest BCUT2D eigenvalue weighted by Crippen LogP contribution is -2.26. The Morgan fingerprint density at radius 2 is 1.85 bits per heavy atom. The summed E-state index contributed by atoms with van der Waals surface area (Å²) in [6.07, 6.45) is 3.84. The molecule has 1 nitrogen and oxygen atoms in total. The van der Waals surface area contributed by atoms with Crippen molar-refractivity contribution in [3.63, 3.8) is 0 Å². The SMILES string of the molecule is CCCC(C)C(CN)SC(C)CC. The van der Waals surface area contributed by atoms with Gasteiger partial charge in [-0.25, -0.2) is 0 Å². The summed E-state index contributed by atoms with van der Waals surface area (Å²) >= 11 is 2.07. The van der Waals surface area contributed by atoms with Crippen molar-refractivity contribution < 1.29 is 0 Å². The molecule has 0 aromatic heterocycles. The minimum atomic E-state index is 0.662. The van der Waals surface area contributed by atoms with E-state index in [1.807, 2.05) is 0 Å². The van der Waals surface area contributed by atoms with Gasteiger partial charge in [-0.05, 0) is 18.8 Å². The van der Waals surface area contributed by atoms with Gasteiger partial charge in [0.2, 0.25) is 0 Å². The van der Waals surface area contributed by atoms with Crippen LogP contribution in [-0.4, -0.2) is 17.0 Å². The van der Waals surface area contributed by atoms with Crippen LogP contribution in [-0.2, 0) is 0 Å². The highest BCUT2D eigenvalue weighted by molar-refractivity contribution is 8.00. The van der Waals surface area contributed by atoms with Gasteiger partial charge in [-0.3, -0.25) is 0 Å². The van der Waals surface area contributed by atoms with Crippen LogP contribution < -0.4 is 5.73 Å². The Labute approximate surface area is 87.9 Å². The maximum atomic E-state index is 5.79. The zero-order valence-corrected chi connectivity index (χ0v) is 10.4. The Morgan fingerprint density at radius 1 is 1.23 bits per heavy atom. The van der Waals surface area contributed by atoms with Crippen LogP contribution >= 0.6 is 11.8 Å². The molecule has 3 unspecified atom stereocenters. The van der Waals surface area contributed by atoms with Gasteiger partial charge < -0.3 is 5.73 Å². The number of hydrogen-bond acceptors (Lipinski definition) is 2. The van der Waals surface area contributed by atoms with Gasteiger partial charge in [-0.2, -0.15) is 11.8 Å². The van der Waals surface area contributed by atoms with E-state index in [2.05, 4.69) is 39.5 Å².